The fourth-order valence-corrected chi connectivity index (χ4v) is 4.09. The molecule has 1 heterocycles. The molecule has 0 N–H and O–H groups in total. The molecule has 1 aromatic carbocycles. The van der Waals surface area contributed by atoms with Gasteiger partial charge in [-0.2, -0.15) is 0 Å². The zero-order chi connectivity index (χ0) is 21.8. The summed E-state index contributed by atoms with van der Waals surface area (Å²) in [6.07, 6.45) is 2.51. The van der Waals surface area contributed by atoms with Gasteiger partial charge in [0.05, 0.1) is 11.3 Å². The second-order valence-electron chi connectivity index (χ2n) is 8.47. The Labute approximate surface area is 173 Å². The van der Waals surface area contributed by atoms with E-state index in [0.29, 0.717) is 32.5 Å². The first-order chi connectivity index (χ1) is 13.4. The maximum absolute atomic E-state index is 12.8. The Bertz CT molecular complexity index is 820. The summed E-state index contributed by atoms with van der Waals surface area (Å²) in [4.78, 5) is 28.8. The zero-order valence-corrected chi connectivity index (χ0v) is 18.8. The van der Waals surface area contributed by atoms with Gasteiger partial charge in [-0.05, 0) is 58.2 Å². The molecule has 0 aromatic heterocycles. The van der Waals surface area contributed by atoms with Crippen molar-refractivity contribution in [2.75, 3.05) is 25.9 Å². The Hall–Kier alpha value is -2.09. The summed E-state index contributed by atoms with van der Waals surface area (Å²) < 4.78 is 28.6. The molecule has 0 aliphatic carbocycles. The van der Waals surface area contributed by atoms with Crippen LogP contribution in [0.5, 0.6) is 0 Å². The highest BCUT2D eigenvalue weighted by Gasteiger charge is 2.30. The van der Waals surface area contributed by atoms with Crippen molar-refractivity contribution in [1.29, 1.82) is 0 Å². The standard InChI is InChI=1S/C21H32N2O5S/c1-6-23(17-11-13-22(14-12-17)20(25)28-21(2,3)4)19(24)15-16-7-9-18(10-8-16)29(5,26)27/h7-10,17H,6,11-15H2,1-5H3. The summed E-state index contributed by atoms with van der Waals surface area (Å²) >= 11 is 0. The van der Waals surface area contributed by atoms with E-state index in [1.807, 2.05) is 32.6 Å². The number of carbonyl (C=O) groups is 2. The van der Waals surface area contributed by atoms with E-state index >= 15 is 0 Å². The number of carbonyl (C=O) groups excluding carboxylic acids is 2. The highest BCUT2D eigenvalue weighted by molar-refractivity contribution is 7.90. The van der Waals surface area contributed by atoms with E-state index in [0.717, 1.165) is 11.8 Å². The van der Waals surface area contributed by atoms with Gasteiger partial charge in [-0.25, -0.2) is 13.2 Å². The molecule has 2 amide bonds. The van der Waals surface area contributed by atoms with Crippen molar-refractivity contribution in [1.82, 2.24) is 9.80 Å². The predicted molar refractivity (Wildman–Crippen MR) is 111 cm³/mol. The summed E-state index contributed by atoms with van der Waals surface area (Å²) in [5, 5.41) is 0. The number of ether oxygens (including phenoxy) is 1. The van der Waals surface area contributed by atoms with Crippen LogP contribution in [0.4, 0.5) is 4.79 Å². The average Bonchev–Trinajstić information content (AvgIpc) is 2.61. The monoisotopic (exact) mass is 424 g/mol. The van der Waals surface area contributed by atoms with Crippen LogP contribution in [0.15, 0.2) is 29.2 Å². The van der Waals surface area contributed by atoms with Gasteiger partial charge < -0.3 is 14.5 Å². The molecular weight excluding hydrogens is 392 g/mol. The number of likely N-dealkylation sites (N-methyl/N-ethyl adjacent to an activating group) is 1. The number of amides is 2. The number of sulfone groups is 1. The third-order valence-electron chi connectivity index (χ3n) is 4.92. The maximum Gasteiger partial charge on any atom is 0.410 e. The summed E-state index contributed by atoms with van der Waals surface area (Å²) in [6, 6.07) is 6.53. The fraction of sp³-hybridized carbons (Fsp3) is 0.619. The van der Waals surface area contributed by atoms with Gasteiger partial charge >= 0.3 is 6.09 Å². The molecule has 0 radical (unpaired) electrons. The molecule has 29 heavy (non-hydrogen) atoms. The molecule has 1 aromatic rings. The molecule has 1 aliphatic rings. The Morgan fingerprint density at radius 3 is 2.14 bits per heavy atom. The van der Waals surface area contributed by atoms with Gasteiger partial charge in [0, 0.05) is 31.9 Å². The van der Waals surface area contributed by atoms with Gasteiger partial charge in [-0.1, -0.05) is 12.1 Å². The van der Waals surface area contributed by atoms with E-state index in [1.165, 1.54) is 12.1 Å². The number of piperidine rings is 1. The van der Waals surface area contributed by atoms with Crippen LogP contribution in [0.25, 0.3) is 0 Å². The van der Waals surface area contributed by atoms with Crippen LogP contribution in [0.1, 0.15) is 46.1 Å². The Kier molecular flexibility index (Phi) is 7.32. The lowest BCUT2D eigenvalue weighted by atomic mass is 10.0. The number of likely N-dealkylation sites (tertiary alicyclic amines) is 1. The van der Waals surface area contributed by atoms with Crippen molar-refractivity contribution in [3.8, 4) is 0 Å². The fourth-order valence-electron chi connectivity index (χ4n) is 3.46. The topological polar surface area (TPSA) is 84.0 Å². The molecule has 0 saturated carbocycles. The number of nitrogens with zero attached hydrogens (tertiary/aromatic N) is 2. The van der Waals surface area contributed by atoms with Crippen molar-refractivity contribution < 1.29 is 22.7 Å². The third kappa shape index (κ3) is 6.73. The van der Waals surface area contributed by atoms with Gasteiger partial charge in [0.1, 0.15) is 5.60 Å². The molecular formula is C21H32N2O5S. The van der Waals surface area contributed by atoms with Gasteiger partial charge in [0.2, 0.25) is 5.91 Å². The highest BCUT2D eigenvalue weighted by atomic mass is 32.2. The van der Waals surface area contributed by atoms with E-state index in [9.17, 15) is 18.0 Å². The molecule has 0 bridgehead atoms. The SMILES string of the molecule is CCN(C(=O)Cc1ccc(S(C)(=O)=O)cc1)C1CCN(C(=O)OC(C)(C)C)CC1. The van der Waals surface area contributed by atoms with Crippen LogP contribution in [0.3, 0.4) is 0 Å². The first-order valence-corrected chi connectivity index (χ1v) is 11.9. The first kappa shape index (κ1) is 23.2. The molecule has 1 fully saturated rings. The van der Waals surface area contributed by atoms with E-state index in [2.05, 4.69) is 0 Å². The normalized spacial score (nSPS) is 15.8. The van der Waals surface area contributed by atoms with Gasteiger partial charge in [-0.3, -0.25) is 4.79 Å². The molecule has 0 unspecified atom stereocenters. The molecule has 1 saturated heterocycles. The van der Waals surface area contributed by atoms with Crippen molar-refractivity contribution in [3.63, 3.8) is 0 Å². The summed E-state index contributed by atoms with van der Waals surface area (Å²) in [7, 11) is -3.25. The van der Waals surface area contributed by atoms with E-state index < -0.39 is 15.4 Å². The third-order valence-corrected chi connectivity index (χ3v) is 6.05. The quantitative estimate of drug-likeness (QED) is 0.726. The van der Waals surface area contributed by atoms with Crippen molar-refractivity contribution >= 4 is 21.8 Å². The van der Waals surface area contributed by atoms with Gasteiger partial charge in [0.25, 0.3) is 0 Å². The van der Waals surface area contributed by atoms with Crippen LogP contribution in [0.2, 0.25) is 0 Å². The van der Waals surface area contributed by atoms with Gasteiger partial charge in [0.15, 0.2) is 9.84 Å². The summed E-state index contributed by atoms with van der Waals surface area (Å²) in [5.41, 5.74) is 0.262. The Morgan fingerprint density at radius 2 is 1.69 bits per heavy atom. The molecule has 0 spiro atoms. The van der Waals surface area contributed by atoms with Crippen LogP contribution >= 0.6 is 0 Å². The summed E-state index contributed by atoms with van der Waals surface area (Å²) in [5.74, 6) is 0.00956. The minimum Gasteiger partial charge on any atom is -0.444 e. The van der Waals surface area contributed by atoms with Crippen molar-refractivity contribution in [2.24, 2.45) is 0 Å². The number of hydrogen-bond donors (Lipinski definition) is 0. The maximum atomic E-state index is 12.8. The largest absolute Gasteiger partial charge is 0.444 e. The lowest BCUT2D eigenvalue weighted by Crippen LogP contribution is -2.49. The highest BCUT2D eigenvalue weighted by Crippen LogP contribution is 2.20. The van der Waals surface area contributed by atoms with Crippen LogP contribution in [0, 0.1) is 0 Å². The lowest BCUT2D eigenvalue weighted by molar-refractivity contribution is -0.133. The second kappa shape index (κ2) is 9.15. The van der Waals surface area contributed by atoms with Crippen LogP contribution in [-0.4, -0.2) is 67.8 Å². The van der Waals surface area contributed by atoms with Crippen molar-refractivity contribution in [2.45, 2.75) is 63.5 Å². The lowest BCUT2D eigenvalue weighted by Gasteiger charge is -2.38. The molecule has 162 valence electrons. The second-order valence-corrected chi connectivity index (χ2v) is 10.5. The van der Waals surface area contributed by atoms with Crippen LogP contribution < -0.4 is 0 Å². The smallest absolute Gasteiger partial charge is 0.410 e. The minimum absolute atomic E-state index is 0.00956. The average molecular weight is 425 g/mol. The van der Waals surface area contributed by atoms with Gasteiger partial charge in [-0.15, -0.1) is 0 Å². The Balaban J connectivity index is 1.94. The predicted octanol–water partition coefficient (Wildman–Crippen LogP) is 2.88. The van der Waals surface area contributed by atoms with E-state index in [1.54, 1.807) is 17.0 Å². The molecule has 7 nitrogen and oxygen atoms in total. The van der Waals surface area contributed by atoms with E-state index in [4.69, 9.17) is 4.74 Å². The van der Waals surface area contributed by atoms with Crippen LogP contribution in [-0.2, 0) is 25.8 Å². The minimum atomic E-state index is -3.25. The molecule has 8 heteroatoms. The molecule has 2 rings (SSSR count). The molecule has 1 aliphatic heterocycles. The molecule has 0 atom stereocenters. The summed E-state index contributed by atoms with van der Waals surface area (Å²) in [6.45, 7) is 9.20. The number of benzene rings is 1. The van der Waals surface area contributed by atoms with E-state index in [-0.39, 0.29) is 29.4 Å². The number of hydrogen-bond acceptors (Lipinski definition) is 5. The number of rotatable bonds is 5. The first-order valence-electron chi connectivity index (χ1n) is 9.97. The van der Waals surface area contributed by atoms with Crippen molar-refractivity contribution in [3.05, 3.63) is 29.8 Å². The Morgan fingerprint density at radius 1 is 1.14 bits per heavy atom. The zero-order valence-electron chi connectivity index (χ0n) is 18.0.